The molecule has 1 aromatic heterocycles. The molecule has 0 atom stereocenters. The van der Waals surface area contributed by atoms with Crippen LogP contribution in [0.15, 0.2) is 24.3 Å². The van der Waals surface area contributed by atoms with Crippen molar-refractivity contribution >= 4 is 5.91 Å². The maximum absolute atomic E-state index is 13.1. The van der Waals surface area contributed by atoms with E-state index in [1.165, 1.54) is 5.56 Å². The van der Waals surface area contributed by atoms with E-state index in [1.807, 2.05) is 16.6 Å². The zero-order valence-electron chi connectivity index (χ0n) is 17.8. The first-order valence-electron chi connectivity index (χ1n) is 10.4. The van der Waals surface area contributed by atoms with E-state index in [1.54, 1.807) is 0 Å². The smallest absolute Gasteiger partial charge is 0.276 e. The van der Waals surface area contributed by atoms with E-state index in [-0.39, 0.29) is 11.3 Å². The number of carbonyl (C=O) groups excluding carboxylic acids is 1. The van der Waals surface area contributed by atoms with Crippen molar-refractivity contribution in [2.24, 2.45) is 0 Å². The van der Waals surface area contributed by atoms with Crippen molar-refractivity contribution in [3.05, 3.63) is 41.2 Å². The van der Waals surface area contributed by atoms with E-state index in [0.717, 1.165) is 50.2 Å². The average molecular weight is 384 g/mol. The molecule has 2 aromatic rings. The van der Waals surface area contributed by atoms with Gasteiger partial charge in [-0.2, -0.15) is 0 Å². The Bertz CT molecular complexity index is 795. The number of hydrogen-bond donors (Lipinski definition) is 1. The lowest BCUT2D eigenvalue weighted by atomic mass is 9.87. The highest BCUT2D eigenvalue weighted by molar-refractivity contribution is 5.93. The first-order valence-corrected chi connectivity index (χ1v) is 10.4. The molecule has 1 aliphatic heterocycles. The van der Waals surface area contributed by atoms with Crippen LogP contribution in [0.1, 0.15) is 68.7 Å². The number of hydrogen-bond acceptors (Lipinski definition) is 4. The van der Waals surface area contributed by atoms with Crippen molar-refractivity contribution in [1.29, 1.82) is 0 Å². The lowest BCUT2D eigenvalue weighted by molar-refractivity contribution is 0.0700. The quantitative estimate of drug-likeness (QED) is 0.860. The molecule has 0 saturated carbocycles. The predicted octanol–water partition coefficient (Wildman–Crippen LogP) is 3.34. The number of nitrogens with zero attached hydrogens (tertiary/aromatic N) is 4. The highest BCUT2D eigenvalue weighted by Crippen LogP contribution is 2.24. The SMILES string of the molecule is CCCc1c(C(=O)N2CCC(NC)CC2)nnn1-c1ccc(C(C)(C)C)cc1. The Kier molecular flexibility index (Phi) is 6.18. The summed E-state index contributed by atoms with van der Waals surface area (Å²) in [5, 5.41) is 12.0. The summed E-state index contributed by atoms with van der Waals surface area (Å²) in [6.07, 6.45) is 3.68. The fourth-order valence-corrected chi connectivity index (χ4v) is 3.76. The molecule has 0 aliphatic carbocycles. The normalized spacial score (nSPS) is 15.8. The van der Waals surface area contributed by atoms with Gasteiger partial charge in [-0.25, -0.2) is 4.68 Å². The molecule has 28 heavy (non-hydrogen) atoms. The summed E-state index contributed by atoms with van der Waals surface area (Å²) in [4.78, 5) is 15.0. The maximum atomic E-state index is 13.1. The Labute approximate surface area is 168 Å². The van der Waals surface area contributed by atoms with E-state index in [9.17, 15) is 4.79 Å². The number of amides is 1. The average Bonchev–Trinajstić information content (AvgIpc) is 3.11. The van der Waals surface area contributed by atoms with Crippen molar-refractivity contribution in [3.63, 3.8) is 0 Å². The van der Waals surface area contributed by atoms with Crippen LogP contribution in [0.2, 0.25) is 0 Å². The molecule has 1 saturated heterocycles. The van der Waals surface area contributed by atoms with Gasteiger partial charge in [-0.15, -0.1) is 5.10 Å². The Morgan fingerprint density at radius 3 is 2.36 bits per heavy atom. The Morgan fingerprint density at radius 1 is 1.18 bits per heavy atom. The lowest BCUT2D eigenvalue weighted by Gasteiger charge is -2.31. The van der Waals surface area contributed by atoms with Gasteiger partial charge in [-0.3, -0.25) is 4.79 Å². The van der Waals surface area contributed by atoms with Crippen LogP contribution in [0, 0.1) is 0 Å². The van der Waals surface area contributed by atoms with Gasteiger partial charge in [0.2, 0.25) is 0 Å². The molecule has 0 unspecified atom stereocenters. The second-order valence-electron chi connectivity index (χ2n) is 8.70. The fourth-order valence-electron chi connectivity index (χ4n) is 3.76. The van der Waals surface area contributed by atoms with Gasteiger partial charge in [0.25, 0.3) is 5.91 Å². The zero-order chi connectivity index (χ0) is 20.3. The molecular formula is C22H33N5O. The van der Waals surface area contributed by atoms with Gasteiger partial charge < -0.3 is 10.2 Å². The van der Waals surface area contributed by atoms with E-state index < -0.39 is 0 Å². The molecular weight excluding hydrogens is 350 g/mol. The third kappa shape index (κ3) is 4.27. The third-order valence-corrected chi connectivity index (χ3v) is 5.62. The van der Waals surface area contributed by atoms with E-state index in [2.05, 4.69) is 67.6 Å². The van der Waals surface area contributed by atoms with Crippen LogP contribution in [0.3, 0.4) is 0 Å². The van der Waals surface area contributed by atoms with Crippen LogP contribution < -0.4 is 5.32 Å². The standard InChI is InChI=1S/C22H33N5O/c1-6-7-19-20(21(28)26-14-12-17(23-5)13-15-26)24-25-27(19)18-10-8-16(9-11-18)22(2,3)4/h8-11,17,23H,6-7,12-15H2,1-5H3. The van der Waals surface area contributed by atoms with E-state index >= 15 is 0 Å². The second-order valence-corrected chi connectivity index (χ2v) is 8.70. The summed E-state index contributed by atoms with van der Waals surface area (Å²) < 4.78 is 1.84. The van der Waals surface area contributed by atoms with Gasteiger partial charge in [-0.1, -0.05) is 51.5 Å². The van der Waals surface area contributed by atoms with Crippen molar-refractivity contribution in [2.45, 2.75) is 64.8 Å². The summed E-state index contributed by atoms with van der Waals surface area (Å²) in [7, 11) is 1.98. The molecule has 3 rings (SSSR count). The molecule has 152 valence electrons. The summed E-state index contributed by atoms with van der Waals surface area (Å²) in [5.41, 5.74) is 3.75. The molecule has 0 bridgehead atoms. The monoisotopic (exact) mass is 383 g/mol. The largest absolute Gasteiger partial charge is 0.337 e. The lowest BCUT2D eigenvalue weighted by Crippen LogP contribution is -2.44. The minimum absolute atomic E-state index is 0.00978. The van der Waals surface area contributed by atoms with Crippen LogP contribution in [-0.4, -0.2) is 52.0 Å². The number of aromatic nitrogens is 3. The van der Waals surface area contributed by atoms with Gasteiger partial charge in [0.15, 0.2) is 5.69 Å². The van der Waals surface area contributed by atoms with Gasteiger partial charge in [-0.05, 0) is 49.4 Å². The van der Waals surface area contributed by atoms with Gasteiger partial charge in [0.05, 0.1) is 11.4 Å². The van der Waals surface area contributed by atoms with Gasteiger partial charge in [0, 0.05) is 19.1 Å². The maximum Gasteiger partial charge on any atom is 0.276 e. The molecule has 0 spiro atoms. The molecule has 1 aliphatic rings. The topological polar surface area (TPSA) is 63.1 Å². The molecule has 1 aromatic carbocycles. The summed E-state index contributed by atoms with van der Waals surface area (Å²) in [6.45, 7) is 10.3. The highest BCUT2D eigenvalue weighted by atomic mass is 16.2. The molecule has 1 amide bonds. The van der Waals surface area contributed by atoms with Crippen molar-refractivity contribution < 1.29 is 4.79 Å². The van der Waals surface area contributed by atoms with Gasteiger partial charge >= 0.3 is 0 Å². The predicted molar refractivity (Wildman–Crippen MR) is 112 cm³/mol. The third-order valence-electron chi connectivity index (χ3n) is 5.62. The number of nitrogens with one attached hydrogen (secondary N) is 1. The van der Waals surface area contributed by atoms with E-state index in [4.69, 9.17) is 0 Å². The van der Waals surface area contributed by atoms with Crippen molar-refractivity contribution in [2.75, 3.05) is 20.1 Å². The summed E-state index contributed by atoms with van der Waals surface area (Å²) >= 11 is 0. The molecule has 6 nitrogen and oxygen atoms in total. The van der Waals surface area contributed by atoms with Crippen LogP contribution in [0.4, 0.5) is 0 Å². The first-order chi connectivity index (χ1) is 13.3. The number of rotatable bonds is 5. The summed E-state index contributed by atoms with van der Waals surface area (Å²) in [6, 6.07) is 8.91. The van der Waals surface area contributed by atoms with E-state index in [0.29, 0.717) is 11.7 Å². The Hall–Kier alpha value is -2.21. The van der Waals surface area contributed by atoms with Gasteiger partial charge in [0.1, 0.15) is 0 Å². The minimum atomic E-state index is 0.00978. The zero-order valence-corrected chi connectivity index (χ0v) is 17.8. The first kappa shape index (κ1) is 20.5. The number of carbonyl (C=O) groups is 1. The molecule has 6 heteroatoms. The number of benzene rings is 1. The molecule has 0 radical (unpaired) electrons. The van der Waals surface area contributed by atoms with Crippen LogP contribution >= 0.6 is 0 Å². The number of piperidine rings is 1. The van der Waals surface area contributed by atoms with Crippen molar-refractivity contribution in [1.82, 2.24) is 25.2 Å². The van der Waals surface area contributed by atoms with Crippen molar-refractivity contribution in [3.8, 4) is 5.69 Å². The van der Waals surface area contributed by atoms with Crippen LogP contribution in [0.5, 0.6) is 0 Å². The summed E-state index contributed by atoms with van der Waals surface area (Å²) in [5.74, 6) is 0.00978. The second kappa shape index (κ2) is 8.43. The molecule has 1 fully saturated rings. The van der Waals surface area contributed by atoms with Crippen LogP contribution in [-0.2, 0) is 11.8 Å². The minimum Gasteiger partial charge on any atom is -0.337 e. The fraction of sp³-hybridized carbons (Fsp3) is 0.591. The molecule has 1 N–H and O–H groups in total. The molecule has 2 heterocycles. The Morgan fingerprint density at radius 2 is 1.82 bits per heavy atom. The number of likely N-dealkylation sites (tertiary alicyclic amines) is 1. The highest BCUT2D eigenvalue weighted by Gasteiger charge is 2.28. The van der Waals surface area contributed by atoms with Crippen LogP contribution in [0.25, 0.3) is 5.69 Å². The Balaban J connectivity index is 1.86.